The molecule has 0 spiro atoms. The van der Waals surface area contributed by atoms with Crippen LogP contribution in [0.25, 0.3) is 27.9 Å². The van der Waals surface area contributed by atoms with E-state index in [1.807, 2.05) is 0 Å². The summed E-state index contributed by atoms with van der Waals surface area (Å²) in [5, 5.41) is 11.8. The van der Waals surface area contributed by atoms with Crippen LogP contribution in [0, 0.1) is 12.7 Å². The zero-order chi connectivity index (χ0) is 24.6. The Balaban J connectivity index is 1.68. The van der Waals surface area contributed by atoms with Crippen molar-refractivity contribution in [2.45, 2.75) is 52.0 Å². The second-order valence-corrected chi connectivity index (χ2v) is 9.24. The van der Waals surface area contributed by atoms with Crippen LogP contribution >= 0.6 is 0 Å². The van der Waals surface area contributed by atoms with Crippen molar-refractivity contribution >= 4 is 22.4 Å². The van der Waals surface area contributed by atoms with Gasteiger partial charge < -0.3 is 24.9 Å². The number of nitrogens with zero attached hydrogens (tertiary/aromatic N) is 2. The molecule has 0 aliphatic carbocycles. The van der Waals surface area contributed by atoms with Gasteiger partial charge in [0.25, 0.3) is 5.56 Å². The number of aromatic nitrogens is 2. The molecule has 3 aromatic rings. The zero-order valence-electron chi connectivity index (χ0n) is 19.4. The molecule has 2 aromatic heterocycles. The molecular weight excluding hydrogens is 453 g/mol. The average molecular weight is 477 g/mol. The Morgan fingerprint density at radius 3 is 2.77 bits per heavy atom. The van der Waals surface area contributed by atoms with E-state index in [0.29, 0.717) is 35.5 Å². The fraction of sp³-hybridized carbons (Fsp3) is 0.346. The number of benzene rings is 1. The third kappa shape index (κ3) is 2.82. The van der Waals surface area contributed by atoms with Gasteiger partial charge in [0.1, 0.15) is 12.4 Å². The molecule has 180 valence electrons. The summed E-state index contributed by atoms with van der Waals surface area (Å²) in [5.41, 5.74) is 9.56. The monoisotopic (exact) mass is 477 g/mol. The topological polar surface area (TPSA) is 117 Å². The number of cyclic esters (lactones) is 1. The molecule has 6 rings (SSSR count). The molecule has 3 aliphatic rings. The number of pyridine rings is 2. The maximum absolute atomic E-state index is 15.0. The molecule has 3 aliphatic heterocycles. The van der Waals surface area contributed by atoms with Crippen molar-refractivity contribution in [1.82, 2.24) is 9.55 Å². The van der Waals surface area contributed by atoms with Gasteiger partial charge in [0.15, 0.2) is 5.60 Å². The highest BCUT2D eigenvalue weighted by molar-refractivity contribution is 5.98. The molecule has 1 atom stereocenters. The molecule has 0 radical (unpaired) electrons. The molecule has 0 bridgehead atoms. The first kappa shape index (κ1) is 21.9. The third-order valence-corrected chi connectivity index (χ3v) is 7.53. The van der Waals surface area contributed by atoms with E-state index in [0.717, 1.165) is 27.6 Å². The first-order chi connectivity index (χ1) is 16.8. The Morgan fingerprint density at radius 1 is 1.29 bits per heavy atom. The SMILES string of the molecule is CC[C@@]1(O)C(=O)OCc2c1cc1n(c2=O)Cc2c-1nc1cc(F)c(C)c(C3=COCC3)c1c2CN. The highest BCUT2D eigenvalue weighted by Crippen LogP contribution is 2.43. The van der Waals surface area contributed by atoms with E-state index >= 15 is 4.39 Å². The molecular formula is C26H24FN3O5. The number of hydrogen-bond donors (Lipinski definition) is 2. The molecule has 35 heavy (non-hydrogen) atoms. The van der Waals surface area contributed by atoms with Crippen LogP contribution in [0.15, 0.2) is 23.2 Å². The summed E-state index contributed by atoms with van der Waals surface area (Å²) in [6.07, 6.45) is 2.36. The Morgan fingerprint density at radius 2 is 2.09 bits per heavy atom. The minimum Gasteiger partial charge on any atom is -0.501 e. The first-order valence-electron chi connectivity index (χ1n) is 11.6. The second kappa shape index (κ2) is 7.47. The number of esters is 1. The van der Waals surface area contributed by atoms with Gasteiger partial charge in [-0.3, -0.25) is 4.79 Å². The van der Waals surface area contributed by atoms with Crippen molar-refractivity contribution in [2.75, 3.05) is 6.61 Å². The Kier molecular flexibility index (Phi) is 4.68. The molecule has 9 heteroatoms. The number of rotatable bonds is 3. The van der Waals surface area contributed by atoms with Crippen LogP contribution in [0.2, 0.25) is 0 Å². The minimum atomic E-state index is -1.91. The summed E-state index contributed by atoms with van der Waals surface area (Å²) in [5.74, 6) is -1.17. The van der Waals surface area contributed by atoms with Crippen molar-refractivity contribution in [3.63, 3.8) is 0 Å². The summed E-state index contributed by atoms with van der Waals surface area (Å²) in [6, 6.07) is 3.04. The molecule has 3 N–H and O–H groups in total. The van der Waals surface area contributed by atoms with Crippen LogP contribution < -0.4 is 11.3 Å². The van der Waals surface area contributed by atoms with E-state index in [1.54, 1.807) is 30.7 Å². The maximum atomic E-state index is 15.0. The third-order valence-electron chi connectivity index (χ3n) is 7.53. The fourth-order valence-electron chi connectivity index (χ4n) is 5.60. The number of hydrogen-bond acceptors (Lipinski definition) is 7. The van der Waals surface area contributed by atoms with Crippen molar-refractivity contribution in [3.8, 4) is 11.4 Å². The van der Waals surface area contributed by atoms with E-state index in [-0.39, 0.29) is 48.6 Å². The van der Waals surface area contributed by atoms with E-state index in [9.17, 15) is 14.7 Å². The Hall–Kier alpha value is -3.56. The lowest BCUT2D eigenvalue weighted by Gasteiger charge is -2.31. The van der Waals surface area contributed by atoms with Crippen molar-refractivity contribution in [2.24, 2.45) is 5.73 Å². The summed E-state index contributed by atoms with van der Waals surface area (Å²) in [4.78, 5) is 30.7. The van der Waals surface area contributed by atoms with Gasteiger partial charge in [-0.05, 0) is 41.7 Å². The second-order valence-electron chi connectivity index (χ2n) is 9.24. The number of halogens is 1. The number of fused-ring (bicyclic) bond motifs is 5. The number of nitrogens with two attached hydrogens (primary N) is 1. The summed E-state index contributed by atoms with van der Waals surface area (Å²) in [7, 11) is 0. The quantitative estimate of drug-likeness (QED) is 0.436. The molecule has 8 nitrogen and oxygen atoms in total. The lowest BCUT2D eigenvalue weighted by Crippen LogP contribution is -2.44. The van der Waals surface area contributed by atoms with Crippen molar-refractivity contribution < 1.29 is 23.8 Å². The van der Waals surface area contributed by atoms with Gasteiger partial charge in [-0.15, -0.1) is 0 Å². The molecule has 0 amide bonds. The lowest BCUT2D eigenvalue weighted by atomic mass is 9.86. The normalized spacial score (nSPS) is 20.3. The molecule has 5 heterocycles. The van der Waals surface area contributed by atoms with E-state index in [4.69, 9.17) is 20.2 Å². The van der Waals surface area contributed by atoms with E-state index in [1.165, 1.54) is 6.07 Å². The summed E-state index contributed by atoms with van der Waals surface area (Å²) in [6.45, 7) is 4.10. The first-order valence-corrected chi connectivity index (χ1v) is 11.6. The van der Waals surface area contributed by atoms with E-state index < -0.39 is 11.6 Å². The smallest absolute Gasteiger partial charge is 0.343 e. The zero-order valence-corrected chi connectivity index (χ0v) is 19.4. The van der Waals surface area contributed by atoms with Gasteiger partial charge in [-0.2, -0.15) is 0 Å². The van der Waals surface area contributed by atoms with E-state index in [2.05, 4.69) is 0 Å². The van der Waals surface area contributed by atoms with Crippen LogP contribution in [-0.2, 0) is 39.6 Å². The van der Waals surface area contributed by atoms with Crippen LogP contribution in [0.4, 0.5) is 4.39 Å². The Bertz CT molecular complexity index is 1560. The highest BCUT2D eigenvalue weighted by Gasteiger charge is 2.45. The van der Waals surface area contributed by atoms with Gasteiger partial charge in [0.05, 0.1) is 41.9 Å². The summed E-state index contributed by atoms with van der Waals surface area (Å²) >= 11 is 0. The average Bonchev–Trinajstić information content (AvgIpc) is 3.50. The van der Waals surface area contributed by atoms with Gasteiger partial charge in [0.2, 0.25) is 0 Å². The molecule has 0 fully saturated rings. The Labute approximate surface area is 199 Å². The predicted octanol–water partition coefficient (Wildman–Crippen LogP) is 2.75. The largest absolute Gasteiger partial charge is 0.501 e. The maximum Gasteiger partial charge on any atom is 0.343 e. The van der Waals surface area contributed by atoms with Crippen LogP contribution in [0.5, 0.6) is 0 Å². The van der Waals surface area contributed by atoms with Crippen LogP contribution in [-0.4, -0.2) is 27.2 Å². The fourth-order valence-corrected chi connectivity index (χ4v) is 5.60. The van der Waals surface area contributed by atoms with Gasteiger partial charge in [-0.25, -0.2) is 14.2 Å². The molecule has 0 saturated heterocycles. The van der Waals surface area contributed by atoms with Crippen molar-refractivity contribution in [1.29, 1.82) is 0 Å². The van der Waals surface area contributed by atoms with Gasteiger partial charge >= 0.3 is 5.97 Å². The summed E-state index contributed by atoms with van der Waals surface area (Å²) < 4.78 is 27.2. The number of ether oxygens (including phenoxy) is 2. The lowest BCUT2D eigenvalue weighted by molar-refractivity contribution is -0.172. The molecule has 0 saturated carbocycles. The van der Waals surface area contributed by atoms with Crippen LogP contribution in [0.3, 0.4) is 0 Å². The number of carbonyl (C=O) groups is 1. The van der Waals surface area contributed by atoms with Gasteiger partial charge in [-0.1, -0.05) is 6.92 Å². The van der Waals surface area contributed by atoms with Gasteiger partial charge in [0, 0.05) is 35.5 Å². The van der Waals surface area contributed by atoms with Crippen LogP contribution in [0.1, 0.15) is 53.1 Å². The molecule has 0 unspecified atom stereocenters. The van der Waals surface area contributed by atoms with Crippen molar-refractivity contribution in [3.05, 3.63) is 67.9 Å². The highest BCUT2D eigenvalue weighted by atomic mass is 19.1. The molecule has 1 aromatic carbocycles. The minimum absolute atomic E-state index is 0.0544. The standard InChI is InChI=1S/C26H24FN3O5/c1-3-26(33)17-6-20-23-15(9-30(20)24(31)16(17)11-35-25(26)32)14(8-28)22-19(29-23)7-18(27)12(2)21(22)13-4-5-34-10-13/h6-7,10,33H,3-5,8-9,11,28H2,1-2H3/t26-/m0/s1. The predicted molar refractivity (Wildman–Crippen MR) is 126 cm³/mol. The number of aliphatic hydroxyl groups is 1. The number of carbonyl (C=O) groups excluding carboxylic acids is 1.